The molecule has 0 radical (unpaired) electrons. The molecular formula is C9H18N2O. The number of piperidine rings is 1. The molecule has 0 aromatic heterocycles. The van der Waals surface area contributed by atoms with Crippen LogP contribution in [0.1, 0.15) is 26.2 Å². The Balaban J connectivity index is 2.21. The lowest BCUT2D eigenvalue weighted by Gasteiger charge is -2.24. The molecule has 0 spiro atoms. The fraction of sp³-hybridized carbons (Fsp3) is 0.889. The van der Waals surface area contributed by atoms with E-state index >= 15 is 0 Å². The van der Waals surface area contributed by atoms with Crippen molar-refractivity contribution in [2.75, 3.05) is 13.6 Å². The minimum absolute atomic E-state index is 0.211. The highest BCUT2D eigenvalue weighted by molar-refractivity contribution is 5.76. The van der Waals surface area contributed by atoms with E-state index in [1.165, 1.54) is 0 Å². The van der Waals surface area contributed by atoms with Crippen LogP contribution in [-0.4, -0.2) is 25.5 Å². The third-order valence-electron chi connectivity index (χ3n) is 2.55. The van der Waals surface area contributed by atoms with Gasteiger partial charge in [-0.25, -0.2) is 0 Å². The van der Waals surface area contributed by atoms with Crippen LogP contribution in [0.3, 0.4) is 0 Å². The predicted molar refractivity (Wildman–Crippen MR) is 48.9 cm³/mol. The summed E-state index contributed by atoms with van der Waals surface area (Å²) in [6.07, 6.45) is 2.93. The van der Waals surface area contributed by atoms with Gasteiger partial charge in [-0.05, 0) is 32.7 Å². The van der Waals surface area contributed by atoms with E-state index < -0.39 is 0 Å². The molecule has 0 saturated carbocycles. The number of carbonyl (C=O) groups excluding carboxylic acids is 1. The summed E-state index contributed by atoms with van der Waals surface area (Å²) in [5.41, 5.74) is 0. The normalized spacial score (nSPS) is 26.5. The molecule has 3 heteroatoms. The molecule has 70 valence electrons. The van der Waals surface area contributed by atoms with Crippen molar-refractivity contribution in [1.29, 1.82) is 0 Å². The Kier molecular flexibility index (Phi) is 3.53. The Bertz CT molecular complexity index is 149. The van der Waals surface area contributed by atoms with Crippen molar-refractivity contribution in [3.8, 4) is 0 Å². The topological polar surface area (TPSA) is 41.1 Å². The van der Waals surface area contributed by atoms with Crippen molar-refractivity contribution >= 4 is 5.91 Å². The first-order valence-corrected chi connectivity index (χ1v) is 4.66. The summed E-state index contributed by atoms with van der Waals surface area (Å²) in [5.74, 6) is 0.883. The molecule has 2 atom stereocenters. The lowest BCUT2D eigenvalue weighted by molar-refractivity contribution is -0.123. The maximum Gasteiger partial charge on any atom is 0.220 e. The average molecular weight is 170 g/mol. The first-order valence-electron chi connectivity index (χ1n) is 4.66. The summed E-state index contributed by atoms with van der Waals surface area (Å²) >= 11 is 0. The van der Waals surface area contributed by atoms with Crippen LogP contribution >= 0.6 is 0 Å². The maximum atomic E-state index is 10.8. The predicted octanol–water partition coefficient (Wildman–Crippen LogP) is 0.511. The number of carbonyl (C=O) groups is 1. The lowest BCUT2D eigenvalue weighted by Crippen LogP contribution is -2.37. The monoisotopic (exact) mass is 170 g/mol. The second-order valence-corrected chi connectivity index (χ2v) is 3.63. The van der Waals surface area contributed by atoms with Gasteiger partial charge in [-0.15, -0.1) is 0 Å². The number of hydrogen-bond acceptors (Lipinski definition) is 2. The van der Waals surface area contributed by atoms with Gasteiger partial charge in [-0.1, -0.05) is 0 Å². The van der Waals surface area contributed by atoms with Crippen molar-refractivity contribution < 1.29 is 4.79 Å². The minimum atomic E-state index is 0.211. The fourth-order valence-corrected chi connectivity index (χ4v) is 1.60. The summed E-state index contributed by atoms with van der Waals surface area (Å²) in [5, 5.41) is 6.11. The highest BCUT2D eigenvalue weighted by Crippen LogP contribution is 2.16. The van der Waals surface area contributed by atoms with Gasteiger partial charge >= 0.3 is 0 Å². The van der Waals surface area contributed by atoms with Gasteiger partial charge in [-0.2, -0.15) is 0 Å². The molecule has 2 N–H and O–H groups in total. The number of hydrogen-bond donors (Lipinski definition) is 2. The van der Waals surface area contributed by atoms with E-state index in [4.69, 9.17) is 0 Å². The average Bonchev–Trinajstić information content (AvgIpc) is 2.09. The van der Waals surface area contributed by atoms with E-state index in [0.29, 0.717) is 18.4 Å². The van der Waals surface area contributed by atoms with Gasteiger partial charge in [0.1, 0.15) is 0 Å². The summed E-state index contributed by atoms with van der Waals surface area (Å²) < 4.78 is 0. The number of amides is 1. The van der Waals surface area contributed by atoms with E-state index in [2.05, 4.69) is 17.6 Å². The molecule has 1 saturated heterocycles. The first kappa shape index (κ1) is 9.52. The van der Waals surface area contributed by atoms with Crippen LogP contribution in [0.15, 0.2) is 0 Å². The van der Waals surface area contributed by atoms with E-state index in [-0.39, 0.29) is 5.91 Å². The van der Waals surface area contributed by atoms with Crippen LogP contribution in [-0.2, 0) is 4.79 Å². The third-order valence-corrected chi connectivity index (χ3v) is 2.55. The van der Waals surface area contributed by atoms with E-state index in [1.807, 2.05) is 7.05 Å². The molecule has 1 heterocycles. The van der Waals surface area contributed by atoms with Gasteiger partial charge in [-0.3, -0.25) is 4.79 Å². The summed E-state index contributed by atoms with van der Waals surface area (Å²) in [6.45, 7) is 3.04. The summed E-state index contributed by atoms with van der Waals surface area (Å²) in [7, 11) is 1.98. The van der Waals surface area contributed by atoms with Gasteiger partial charge in [0.2, 0.25) is 5.91 Å². The fourth-order valence-electron chi connectivity index (χ4n) is 1.60. The Morgan fingerprint density at radius 2 is 2.50 bits per heavy atom. The molecule has 2 unspecified atom stereocenters. The van der Waals surface area contributed by atoms with Gasteiger partial charge < -0.3 is 10.6 Å². The zero-order valence-electron chi connectivity index (χ0n) is 7.89. The first-order chi connectivity index (χ1) is 5.72. The SMILES string of the molecule is CNC(C)CC1CCC(=O)NC1. The van der Waals surface area contributed by atoms with E-state index in [0.717, 1.165) is 19.4 Å². The van der Waals surface area contributed by atoms with Gasteiger partial charge in [0.15, 0.2) is 0 Å². The van der Waals surface area contributed by atoms with Gasteiger partial charge in [0.05, 0.1) is 0 Å². The van der Waals surface area contributed by atoms with Crippen molar-refractivity contribution in [2.45, 2.75) is 32.2 Å². The third kappa shape index (κ3) is 2.81. The highest BCUT2D eigenvalue weighted by atomic mass is 16.1. The molecule has 0 aliphatic carbocycles. The lowest BCUT2D eigenvalue weighted by atomic mass is 9.93. The Labute approximate surface area is 73.9 Å². The van der Waals surface area contributed by atoms with Crippen molar-refractivity contribution in [1.82, 2.24) is 10.6 Å². The zero-order valence-corrected chi connectivity index (χ0v) is 7.89. The highest BCUT2D eigenvalue weighted by Gasteiger charge is 2.18. The van der Waals surface area contributed by atoms with Crippen LogP contribution in [0.25, 0.3) is 0 Å². The number of rotatable bonds is 3. The summed E-state index contributed by atoms with van der Waals surface area (Å²) in [6, 6.07) is 0.560. The summed E-state index contributed by atoms with van der Waals surface area (Å²) in [4.78, 5) is 10.8. The quantitative estimate of drug-likeness (QED) is 0.648. The van der Waals surface area contributed by atoms with Crippen LogP contribution in [0.2, 0.25) is 0 Å². The Morgan fingerprint density at radius 3 is 3.00 bits per heavy atom. The van der Waals surface area contributed by atoms with Crippen LogP contribution < -0.4 is 10.6 Å². The second kappa shape index (κ2) is 4.45. The van der Waals surface area contributed by atoms with E-state index in [1.54, 1.807) is 0 Å². The standard InChI is InChI=1S/C9H18N2O/c1-7(10-2)5-8-3-4-9(12)11-6-8/h7-8,10H,3-6H2,1-2H3,(H,11,12). The minimum Gasteiger partial charge on any atom is -0.356 e. The smallest absolute Gasteiger partial charge is 0.220 e. The van der Waals surface area contributed by atoms with Gasteiger partial charge in [0, 0.05) is 19.0 Å². The van der Waals surface area contributed by atoms with E-state index in [9.17, 15) is 4.79 Å². The molecule has 3 nitrogen and oxygen atoms in total. The second-order valence-electron chi connectivity index (χ2n) is 3.63. The van der Waals surface area contributed by atoms with Crippen molar-refractivity contribution in [3.63, 3.8) is 0 Å². The van der Waals surface area contributed by atoms with Crippen molar-refractivity contribution in [2.24, 2.45) is 5.92 Å². The molecule has 1 aliphatic rings. The van der Waals surface area contributed by atoms with Crippen LogP contribution in [0.5, 0.6) is 0 Å². The molecule has 0 aromatic carbocycles. The largest absolute Gasteiger partial charge is 0.356 e. The molecule has 1 aliphatic heterocycles. The molecule has 1 amide bonds. The zero-order chi connectivity index (χ0) is 8.97. The Morgan fingerprint density at radius 1 is 1.75 bits per heavy atom. The molecule has 1 rings (SSSR count). The number of nitrogens with one attached hydrogen (secondary N) is 2. The van der Waals surface area contributed by atoms with Crippen LogP contribution in [0.4, 0.5) is 0 Å². The van der Waals surface area contributed by atoms with Gasteiger partial charge in [0.25, 0.3) is 0 Å². The maximum absolute atomic E-state index is 10.8. The van der Waals surface area contributed by atoms with Crippen LogP contribution in [0, 0.1) is 5.92 Å². The molecule has 12 heavy (non-hydrogen) atoms. The molecular weight excluding hydrogens is 152 g/mol. The molecule has 0 bridgehead atoms. The molecule has 0 aromatic rings. The van der Waals surface area contributed by atoms with Crippen molar-refractivity contribution in [3.05, 3.63) is 0 Å². The molecule has 1 fully saturated rings. The Hall–Kier alpha value is -0.570.